The van der Waals surface area contributed by atoms with E-state index in [1.165, 1.54) is 16.2 Å². The number of halogens is 1. The van der Waals surface area contributed by atoms with Crippen LogP contribution < -0.4 is 26.4 Å². The van der Waals surface area contributed by atoms with Crippen molar-refractivity contribution in [3.63, 3.8) is 0 Å². The molecular formula is C47H65FN6O9S. The summed E-state index contributed by atoms with van der Waals surface area (Å²) in [7, 11) is 0. The number of ether oxygens (including phenoxy) is 3. The SMILES string of the molecule is Cc1ncsc1-c1ccc(CNC(=O)[C@@H]2C[C@@H](O)CN2C(=O)[C@@H](NC(=O)C2(F)CC2)C(C)(C)C)c(OCCCc2ccc(CO[C@H](C)[C@H](CCC(N)=O)NC(=O)OC(C)(C)C)cc2)c1. The van der Waals surface area contributed by atoms with E-state index in [1.807, 2.05) is 56.3 Å². The van der Waals surface area contributed by atoms with Crippen LogP contribution in [0.25, 0.3) is 10.4 Å². The largest absolute Gasteiger partial charge is 0.493 e. The quantitative estimate of drug-likeness (QED) is 0.0860. The molecule has 64 heavy (non-hydrogen) atoms. The number of aromatic nitrogens is 1. The molecule has 2 heterocycles. The number of likely N-dealkylation sites (tertiary alicyclic amines) is 1. The van der Waals surface area contributed by atoms with Crippen molar-refractivity contribution in [1.29, 1.82) is 0 Å². The van der Waals surface area contributed by atoms with Gasteiger partial charge in [-0.05, 0) is 94.9 Å². The number of hydrogen-bond donors (Lipinski definition) is 5. The maximum absolute atomic E-state index is 14.6. The van der Waals surface area contributed by atoms with Crippen molar-refractivity contribution in [3.05, 3.63) is 70.4 Å². The molecule has 17 heteroatoms. The lowest BCUT2D eigenvalue weighted by molar-refractivity contribution is -0.145. The molecule has 2 aliphatic rings. The molecule has 0 unspecified atom stereocenters. The zero-order valence-corrected chi connectivity index (χ0v) is 39.1. The Morgan fingerprint density at radius 1 is 1.03 bits per heavy atom. The third kappa shape index (κ3) is 14.2. The molecule has 1 aliphatic carbocycles. The van der Waals surface area contributed by atoms with Crippen molar-refractivity contribution in [3.8, 4) is 16.2 Å². The number of aryl methyl sites for hydroxylation is 2. The van der Waals surface area contributed by atoms with Crippen LogP contribution >= 0.6 is 11.3 Å². The topological polar surface area (TPSA) is 212 Å². The summed E-state index contributed by atoms with van der Waals surface area (Å²) in [6.07, 6.45) is 0.0446. The molecule has 6 N–H and O–H groups in total. The molecule has 0 bridgehead atoms. The van der Waals surface area contributed by atoms with Gasteiger partial charge in [-0.3, -0.25) is 19.2 Å². The number of alkyl halides is 1. The number of aliphatic hydroxyl groups is 1. The van der Waals surface area contributed by atoms with Gasteiger partial charge < -0.3 is 45.9 Å². The first-order chi connectivity index (χ1) is 30.0. The van der Waals surface area contributed by atoms with Crippen LogP contribution in [0.4, 0.5) is 9.18 Å². The molecule has 350 valence electrons. The van der Waals surface area contributed by atoms with Crippen molar-refractivity contribution in [2.75, 3.05) is 13.2 Å². The second-order valence-electron chi connectivity index (χ2n) is 19.0. The van der Waals surface area contributed by atoms with E-state index >= 15 is 0 Å². The monoisotopic (exact) mass is 908 g/mol. The maximum Gasteiger partial charge on any atom is 0.407 e. The number of nitrogens with one attached hydrogen (secondary N) is 3. The Kier molecular flexibility index (Phi) is 16.6. The predicted molar refractivity (Wildman–Crippen MR) is 241 cm³/mol. The van der Waals surface area contributed by atoms with E-state index in [4.69, 9.17) is 19.9 Å². The van der Waals surface area contributed by atoms with E-state index in [2.05, 4.69) is 20.9 Å². The maximum atomic E-state index is 14.6. The van der Waals surface area contributed by atoms with Gasteiger partial charge in [0.2, 0.25) is 17.7 Å². The molecular weight excluding hydrogens is 844 g/mol. The fourth-order valence-corrected chi connectivity index (χ4v) is 8.16. The highest BCUT2D eigenvalue weighted by Gasteiger charge is 2.53. The van der Waals surface area contributed by atoms with Crippen LogP contribution in [0.5, 0.6) is 5.75 Å². The minimum atomic E-state index is -1.98. The Hall–Kier alpha value is -5.13. The molecule has 1 aliphatic heterocycles. The molecule has 0 radical (unpaired) electrons. The highest BCUT2D eigenvalue weighted by Crippen LogP contribution is 2.40. The van der Waals surface area contributed by atoms with Gasteiger partial charge in [-0.15, -0.1) is 11.3 Å². The van der Waals surface area contributed by atoms with Crippen LogP contribution in [0.3, 0.4) is 0 Å². The molecule has 0 spiro atoms. The highest BCUT2D eigenvalue weighted by atomic mass is 32.1. The van der Waals surface area contributed by atoms with E-state index in [0.29, 0.717) is 30.8 Å². The summed E-state index contributed by atoms with van der Waals surface area (Å²) >= 11 is 1.52. The van der Waals surface area contributed by atoms with Gasteiger partial charge in [0.25, 0.3) is 5.91 Å². The number of hydrogen-bond acceptors (Lipinski definition) is 11. The minimum Gasteiger partial charge on any atom is -0.493 e. The van der Waals surface area contributed by atoms with Crippen LogP contribution in [0, 0.1) is 12.3 Å². The van der Waals surface area contributed by atoms with Gasteiger partial charge in [-0.1, -0.05) is 57.2 Å². The Labute approximate surface area is 379 Å². The first kappa shape index (κ1) is 49.9. The normalized spacial score (nSPS) is 18.4. The van der Waals surface area contributed by atoms with Gasteiger partial charge in [-0.2, -0.15) is 0 Å². The Morgan fingerprint density at radius 2 is 1.72 bits per heavy atom. The number of thiazole rings is 1. The summed E-state index contributed by atoms with van der Waals surface area (Å²) < 4.78 is 32.5. The summed E-state index contributed by atoms with van der Waals surface area (Å²) in [5.74, 6) is -1.74. The van der Waals surface area contributed by atoms with Gasteiger partial charge >= 0.3 is 6.09 Å². The van der Waals surface area contributed by atoms with Gasteiger partial charge in [0, 0.05) is 31.5 Å². The molecule has 1 saturated heterocycles. The van der Waals surface area contributed by atoms with Crippen LogP contribution in [-0.2, 0) is 48.2 Å². The summed E-state index contributed by atoms with van der Waals surface area (Å²) in [5, 5.41) is 19.0. The van der Waals surface area contributed by atoms with Crippen molar-refractivity contribution in [2.45, 2.75) is 155 Å². The molecule has 5 atom stereocenters. The van der Waals surface area contributed by atoms with Gasteiger partial charge in [0.1, 0.15) is 23.4 Å². The van der Waals surface area contributed by atoms with Crippen molar-refractivity contribution in [1.82, 2.24) is 25.8 Å². The lowest BCUT2D eigenvalue weighted by atomic mass is 9.85. The molecule has 5 amide bonds. The molecule has 3 aromatic rings. The second kappa shape index (κ2) is 21.2. The molecule has 1 saturated carbocycles. The zero-order valence-electron chi connectivity index (χ0n) is 38.3. The number of β-amino-alcohol motifs (C(OH)–C–C–N with tert-alkyl or cyclic N) is 1. The lowest BCUT2D eigenvalue weighted by Crippen LogP contribution is -2.59. The molecule has 1 aromatic heterocycles. The van der Waals surface area contributed by atoms with Crippen molar-refractivity contribution < 1.29 is 47.7 Å². The fourth-order valence-electron chi connectivity index (χ4n) is 7.36. The minimum absolute atomic E-state index is 0.0156. The number of aliphatic hydroxyl groups excluding tert-OH is 1. The number of carbonyl (C=O) groups excluding carboxylic acids is 5. The average molecular weight is 909 g/mol. The number of primary amides is 1. The van der Waals surface area contributed by atoms with Crippen LogP contribution in [0.15, 0.2) is 48.0 Å². The van der Waals surface area contributed by atoms with E-state index < -0.39 is 76.7 Å². The Balaban J connectivity index is 1.18. The van der Waals surface area contributed by atoms with E-state index in [9.17, 15) is 33.5 Å². The third-order valence-corrected chi connectivity index (χ3v) is 12.2. The second-order valence-corrected chi connectivity index (χ2v) is 19.8. The van der Waals surface area contributed by atoms with E-state index in [1.54, 1.807) is 47.1 Å². The molecule has 5 rings (SSSR count). The van der Waals surface area contributed by atoms with Gasteiger partial charge in [-0.25, -0.2) is 14.2 Å². The summed E-state index contributed by atoms with van der Waals surface area (Å²) in [6.45, 7) is 15.0. The fraction of sp³-hybridized carbons (Fsp3) is 0.574. The number of nitrogens with zero attached hydrogens (tertiary/aromatic N) is 2. The Bertz CT molecular complexity index is 2110. The van der Waals surface area contributed by atoms with Gasteiger partial charge in [0.15, 0.2) is 5.67 Å². The van der Waals surface area contributed by atoms with E-state index in [0.717, 1.165) is 33.7 Å². The average Bonchev–Trinajstić information content (AvgIpc) is 3.62. The number of rotatable bonds is 20. The van der Waals surface area contributed by atoms with Crippen molar-refractivity contribution in [2.24, 2.45) is 11.1 Å². The first-order valence-corrected chi connectivity index (χ1v) is 22.8. The number of amides is 5. The number of nitrogens with two attached hydrogens (primary N) is 1. The zero-order chi connectivity index (χ0) is 47.0. The molecule has 2 fully saturated rings. The lowest BCUT2D eigenvalue weighted by Gasteiger charge is -2.35. The predicted octanol–water partition coefficient (Wildman–Crippen LogP) is 5.81. The van der Waals surface area contributed by atoms with Gasteiger partial charge in [0.05, 0.1) is 47.5 Å². The number of benzene rings is 2. The summed E-state index contributed by atoms with van der Waals surface area (Å²) in [6, 6.07) is 11.2. The van der Waals surface area contributed by atoms with Crippen molar-refractivity contribution >= 4 is 41.1 Å². The first-order valence-electron chi connectivity index (χ1n) is 21.9. The van der Waals surface area contributed by atoms with Crippen LogP contribution in [0.1, 0.15) is 109 Å². The molecule has 15 nitrogen and oxygen atoms in total. The number of carbonyl (C=O) groups is 5. The summed E-state index contributed by atoms with van der Waals surface area (Å²) in [4.78, 5) is 71.0. The number of alkyl carbamates (subject to hydrolysis) is 1. The molecule has 2 aromatic carbocycles. The Morgan fingerprint density at radius 3 is 2.33 bits per heavy atom. The van der Waals surface area contributed by atoms with E-state index in [-0.39, 0.29) is 45.4 Å². The highest BCUT2D eigenvalue weighted by molar-refractivity contribution is 7.13. The summed E-state index contributed by atoms with van der Waals surface area (Å²) in [5.41, 5.74) is 8.25. The smallest absolute Gasteiger partial charge is 0.407 e. The standard InChI is InChI=1S/C47H65FN6O9S/c1-28-39(64-27-51-28)32-15-16-33(24-50-41(57)36-23-34(55)25-54(36)42(58)40(45(3,4)5)53-43(59)47(48)19-20-47)37(22-32)61-21-9-10-30-11-13-31(14-12-30)26-62-29(2)35(17-18-38(49)56)52-44(60)63-46(6,7)8/h11-16,22,27,29,34-36,40,55H,9-10,17-21,23-26H2,1-8H3,(H2,49,56)(H,50,57)(H,52,60)(H,53,59)/t29-,34-,35+,36+,40-/m1/s1. The van der Waals surface area contributed by atoms with Crippen LogP contribution in [0.2, 0.25) is 0 Å². The van der Waals surface area contributed by atoms with Crippen LogP contribution in [-0.4, -0.2) is 99.5 Å². The third-order valence-electron chi connectivity index (χ3n) is 11.3.